The molecule has 0 heterocycles. The van der Waals surface area contributed by atoms with Crippen molar-refractivity contribution >= 4 is 28.9 Å². The van der Waals surface area contributed by atoms with Gasteiger partial charge in [0.1, 0.15) is 22.2 Å². The lowest BCUT2D eigenvalue weighted by Gasteiger charge is -2.08. The van der Waals surface area contributed by atoms with E-state index in [0.29, 0.717) is 12.2 Å². The molecule has 7 nitrogen and oxygen atoms in total. The van der Waals surface area contributed by atoms with E-state index in [1.807, 2.05) is 6.07 Å². The van der Waals surface area contributed by atoms with E-state index in [4.69, 9.17) is 27.2 Å². The summed E-state index contributed by atoms with van der Waals surface area (Å²) in [6, 6.07) is 11.6. The fraction of sp³-hybridized carbons (Fsp3) is 0.316. The van der Waals surface area contributed by atoms with E-state index in [1.165, 1.54) is 18.6 Å². The van der Waals surface area contributed by atoms with Crippen molar-refractivity contribution in [3.05, 3.63) is 57.6 Å². The van der Waals surface area contributed by atoms with Crippen molar-refractivity contribution < 1.29 is 19.6 Å². The number of unbranched alkanes of at least 4 members (excludes halogenated alkanes) is 3. The van der Waals surface area contributed by atoms with Crippen molar-refractivity contribution in [3.8, 4) is 11.5 Å². The highest BCUT2D eigenvalue weighted by molar-refractivity contribution is 6.35. The molecule has 2 rings (SSSR count). The number of carboxylic acid groups (broad SMARTS) is 1. The number of benzene rings is 2. The quantitative estimate of drug-likeness (QED) is 0.258. The first-order valence-corrected chi connectivity index (χ1v) is 8.91. The molecule has 0 atom stereocenters. The predicted octanol–water partition coefficient (Wildman–Crippen LogP) is 5.66. The monoisotopic (exact) mass is 394 g/mol. The van der Waals surface area contributed by atoms with Gasteiger partial charge in [-0.25, -0.2) is 0 Å². The molecule has 0 saturated carbocycles. The van der Waals surface area contributed by atoms with Crippen molar-refractivity contribution in [2.45, 2.75) is 39.0 Å². The summed E-state index contributed by atoms with van der Waals surface area (Å²) >= 11 is 5.94. The predicted molar refractivity (Wildman–Crippen MR) is 105 cm³/mol. The second-order valence-electron chi connectivity index (χ2n) is 5.69. The highest BCUT2D eigenvalue weighted by Gasteiger charge is 2.18. The summed E-state index contributed by atoms with van der Waals surface area (Å²) in [5, 5.41) is 18.9. The molecule has 0 radical (unpaired) electrons. The Balaban J connectivity index is 0.000000345. The van der Waals surface area contributed by atoms with Crippen LogP contribution in [0.1, 0.15) is 39.0 Å². The molecule has 0 saturated heterocycles. The SMILES string of the molecule is CCCCCCC(=O)O.Nc1c([N+](=O)[O-])ccc(Oc2ccccc2)c1Cl. The van der Waals surface area contributed by atoms with Crippen LogP contribution < -0.4 is 10.5 Å². The minimum absolute atomic E-state index is 0.0352. The Morgan fingerprint density at radius 3 is 2.41 bits per heavy atom. The number of aliphatic carboxylic acids is 1. The molecule has 146 valence electrons. The number of nitrogen functional groups attached to an aromatic ring is 1. The third-order valence-electron chi connectivity index (χ3n) is 3.53. The molecule has 0 aromatic heterocycles. The van der Waals surface area contributed by atoms with Crippen LogP contribution in [0.3, 0.4) is 0 Å². The lowest BCUT2D eigenvalue weighted by Crippen LogP contribution is -1.97. The number of nitro groups is 1. The average molecular weight is 395 g/mol. The van der Waals surface area contributed by atoms with E-state index in [9.17, 15) is 14.9 Å². The highest BCUT2D eigenvalue weighted by Crippen LogP contribution is 2.38. The first kappa shape index (κ1) is 22.2. The maximum absolute atomic E-state index is 10.7. The van der Waals surface area contributed by atoms with Crippen LogP contribution in [-0.2, 0) is 4.79 Å². The van der Waals surface area contributed by atoms with Gasteiger partial charge in [0.25, 0.3) is 5.69 Å². The lowest BCUT2D eigenvalue weighted by atomic mass is 10.2. The van der Waals surface area contributed by atoms with Gasteiger partial charge in [-0.3, -0.25) is 14.9 Å². The standard InChI is InChI=1S/C12H9ClN2O3.C7H14O2/c13-11-10(18-8-4-2-1-3-5-8)7-6-9(12(11)14)15(16)17;1-2-3-4-5-6-7(8)9/h1-7H,14H2;2-6H2,1H3,(H,8,9). The number of nitrogens with two attached hydrogens (primary N) is 1. The molecule has 8 heteroatoms. The molecule has 0 aliphatic carbocycles. The Bertz CT molecular complexity index is 753. The highest BCUT2D eigenvalue weighted by atomic mass is 35.5. The first-order valence-electron chi connectivity index (χ1n) is 8.53. The molecule has 0 fully saturated rings. The van der Waals surface area contributed by atoms with E-state index in [0.717, 1.165) is 19.3 Å². The Hall–Kier alpha value is -2.80. The average Bonchev–Trinajstić information content (AvgIpc) is 2.64. The fourth-order valence-electron chi connectivity index (χ4n) is 2.12. The lowest BCUT2D eigenvalue weighted by molar-refractivity contribution is -0.383. The number of para-hydroxylation sites is 1. The third-order valence-corrected chi connectivity index (χ3v) is 3.92. The van der Waals surface area contributed by atoms with E-state index in [-0.39, 0.29) is 22.1 Å². The van der Waals surface area contributed by atoms with Crippen molar-refractivity contribution in [1.29, 1.82) is 0 Å². The van der Waals surface area contributed by atoms with E-state index < -0.39 is 10.9 Å². The molecule has 3 N–H and O–H groups in total. The molecule has 0 aliphatic rings. The Morgan fingerprint density at radius 1 is 1.19 bits per heavy atom. The Morgan fingerprint density at radius 2 is 1.85 bits per heavy atom. The second kappa shape index (κ2) is 11.7. The normalized spacial score (nSPS) is 9.85. The van der Waals surface area contributed by atoms with Gasteiger partial charge in [-0.15, -0.1) is 0 Å². The number of hydrogen-bond acceptors (Lipinski definition) is 5. The number of ether oxygens (including phenoxy) is 1. The van der Waals surface area contributed by atoms with Crippen LogP contribution in [0.15, 0.2) is 42.5 Å². The van der Waals surface area contributed by atoms with Gasteiger partial charge in [0.05, 0.1) is 4.92 Å². The largest absolute Gasteiger partial charge is 0.481 e. The van der Waals surface area contributed by atoms with Gasteiger partial charge in [-0.2, -0.15) is 0 Å². The Kier molecular flexibility index (Phi) is 9.68. The van der Waals surface area contributed by atoms with Crippen LogP contribution >= 0.6 is 11.6 Å². The van der Waals surface area contributed by atoms with Gasteiger partial charge in [0.15, 0.2) is 0 Å². The number of rotatable bonds is 8. The second-order valence-corrected chi connectivity index (χ2v) is 6.07. The number of halogens is 1. The van der Waals surface area contributed by atoms with Crippen molar-refractivity contribution in [2.24, 2.45) is 0 Å². The van der Waals surface area contributed by atoms with Crippen LogP contribution in [0.25, 0.3) is 0 Å². The van der Waals surface area contributed by atoms with Crippen LogP contribution in [0.2, 0.25) is 5.02 Å². The molecule has 0 aliphatic heterocycles. The molecule has 0 spiro atoms. The number of carbonyl (C=O) groups is 1. The van der Waals surface area contributed by atoms with Crippen LogP contribution in [0.4, 0.5) is 11.4 Å². The summed E-state index contributed by atoms with van der Waals surface area (Å²) in [5.41, 5.74) is 5.25. The molecule has 0 unspecified atom stereocenters. The fourth-order valence-corrected chi connectivity index (χ4v) is 2.32. The van der Waals surface area contributed by atoms with Gasteiger partial charge in [-0.05, 0) is 24.6 Å². The summed E-state index contributed by atoms with van der Waals surface area (Å²) in [5.74, 6) is 0.185. The van der Waals surface area contributed by atoms with Crippen LogP contribution in [0.5, 0.6) is 11.5 Å². The van der Waals surface area contributed by atoms with Gasteiger partial charge in [0.2, 0.25) is 0 Å². The molecule has 27 heavy (non-hydrogen) atoms. The van der Waals surface area contributed by atoms with Gasteiger partial charge >= 0.3 is 5.97 Å². The smallest absolute Gasteiger partial charge is 0.303 e. The minimum atomic E-state index is -0.675. The number of nitrogens with zero attached hydrogens (tertiary/aromatic N) is 1. The molecule has 0 bridgehead atoms. The number of carboxylic acids is 1. The first-order chi connectivity index (χ1) is 12.9. The van der Waals surface area contributed by atoms with E-state index in [1.54, 1.807) is 24.3 Å². The topological polar surface area (TPSA) is 116 Å². The van der Waals surface area contributed by atoms with Gasteiger partial charge in [-0.1, -0.05) is 56.0 Å². The molecule has 2 aromatic carbocycles. The number of anilines is 1. The molecule has 2 aromatic rings. The van der Waals surface area contributed by atoms with E-state index >= 15 is 0 Å². The summed E-state index contributed by atoms with van der Waals surface area (Å²) in [7, 11) is 0. The summed E-state index contributed by atoms with van der Waals surface area (Å²) < 4.78 is 5.49. The summed E-state index contributed by atoms with van der Waals surface area (Å²) in [6.07, 6.45) is 4.55. The molecular weight excluding hydrogens is 372 g/mol. The maximum Gasteiger partial charge on any atom is 0.303 e. The zero-order valence-electron chi connectivity index (χ0n) is 15.1. The number of hydrogen-bond donors (Lipinski definition) is 2. The summed E-state index contributed by atoms with van der Waals surface area (Å²) in [4.78, 5) is 20.0. The third kappa shape index (κ3) is 7.96. The summed E-state index contributed by atoms with van der Waals surface area (Å²) in [6.45, 7) is 2.11. The molecule has 0 amide bonds. The van der Waals surface area contributed by atoms with Gasteiger partial charge in [0, 0.05) is 12.5 Å². The zero-order chi connectivity index (χ0) is 20.2. The van der Waals surface area contributed by atoms with Crippen LogP contribution in [0, 0.1) is 10.1 Å². The zero-order valence-corrected chi connectivity index (χ0v) is 15.8. The Labute approximate surface area is 162 Å². The van der Waals surface area contributed by atoms with Crippen LogP contribution in [-0.4, -0.2) is 16.0 Å². The molecular formula is C19H23ClN2O5. The van der Waals surface area contributed by atoms with Crippen molar-refractivity contribution in [2.75, 3.05) is 5.73 Å². The maximum atomic E-state index is 10.7. The van der Waals surface area contributed by atoms with Crippen molar-refractivity contribution in [1.82, 2.24) is 0 Å². The van der Waals surface area contributed by atoms with E-state index in [2.05, 4.69) is 6.92 Å². The number of nitro benzene ring substituents is 1. The van der Waals surface area contributed by atoms with Crippen molar-refractivity contribution in [3.63, 3.8) is 0 Å². The minimum Gasteiger partial charge on any atom is -0.481 e. The van der Waals surface area contributed by atoms with Gasteiger partial charge < -0.3 is 15.6 Å².